The smallest absolute Gasteiger partial charge is 0.407 e. The van der Waals surface area contributed by atoms with Crippen LogP contribution in [0.1, 0.15) is 39.5 Å². The number of hydrogen-bond donors (Lipinski definition) is 2. The first-order valence-corrected chi connectivity index (χ1v) is 6.93. The van der Waals surface area contributed by atoms with Crippen molar-refractivity contribution in [2.45, 2.75) is 39.5 Å². The van der Waals surface area contributed by atoms with Crippen molar-refractivity contribution in [2.24, 2.45) is 0 Å². The van der Waals surface area contributed by atoms with E-state index in [4.69, 9.17) is 9.47 Å². The van der Waals surface area contributed by atoms with E-state index in [-0.39, 0.29) is 13.1 Å². The maximum absolute atomic E-state index is 11.3. The van der Waals surface area contributed by atoms with Crippen LogP contribution in [0.15, 0.2) is 0 Å². The van der Waals surface area contributed by atoms with E-state index in [1.54, 1.807) is 0 Å². The second-order valence-electron chi connectivity index (χ2n) is 4.19. The number of rotatable bonds is 10. The number of hydrogen-bond acceptors (Lipinski definition) is 5. The molecule has 0 rings (SSSR count). The predicted molar refractivity (Wildman–Crippen MR) is 73.1 cm³/mol. The number of unbranched alkanes of at least 4 members (excludes halogenated alkanes) is 2. The Morgan fingerprint density at radius 1 is 0.850 bits per heavy atom. The summed E-state index contributed by atoms with van der Waals surface area (Å²) in [5.41, 5.74) is 0. The van der Waals surface area contributed by atoms with Crippen molar-refractivity contribution >= 4 is 18.0 Å². The molecule has 0 radical (unpaired) electrons. The fourth-order valence-electron chi connectivity index (χ4n) is 1.13. The van der Waals surface area contributed by atoms with Gasteiger partial charge in [0.1, 0.15) is 13.1 Å². The lowest BCUT2D eigenvalue weighted by Crippen LogP contribution is -2.39. The van der Waals surface area contributed by atoms with Gasteiger partial charge < -0.3 is 20.1 Å². The first kappa shape index (κ1) is 18.2. The van der Waals surface area contributed by atoms with Crippen LogP contribution in [0.25, 0.3) is 0 Å². The normalized spacial score (nSPS) is 9.70. The van der Waals surface area contributed by atoms with Gasteiger partial charge in [-0.05, 0) is 12.8 Å². The van der Waals surface area contributed by atoms with E-state index in [9.17, 15) is 14.4 Å². The van der Waals surface area contributed by atoms with Gasteiger partial charge in [0, 0.05) is 0 Å². The van der Waals surface area contributed by atoms with E-state index in [0.29, 0.717) is 13.2 Å². The maximum atomic E-state index is 11.3. The lowest BCUT2D eigenvalue weighted by molar-refractivity contribution is -0.143. The number of amides is 2. The number of alkyl carbamates (subject to hydrolysis) is 1. The second-order valence-corrected chi connectivity index (χ2v) is 4.19. The summed E-state index contributed by atoms with van der Waals surface area (Å²) in [4.78, 5) is 33.6. The number of carbonyl (C=O) groups is 3. The highest BCUT2D eigenvalue weighted by atomic mass is 16.5. The Morgan fingerprint density at radius 2 is 1.45 bits per heavy atom. The van der Waals surface area contributed by atoms with Gasteiger partial charge in [0.2, 0.25) is 5.91 Å². The highest BCUT2D eigenvalue weighted by molar-refractivity contribution is 5.85. The molecule has 0 aromatic carbocycles. The Bertz CT molecular complexity index is 279. The molecule has 0 aliphatic rings. The fourth-order valence-corrected chi connectivity index (χ4v) is 1.13. The van der Waals surface area contributed by atoms with Crippen LogP contribution in [0.5, 0.6) is 0 Å². The topological polar surface area (TPSA) is 93.7 Å². The molecule has 0 spiro atoms. The molecule has 0 fully saturated rings. The Kier molecular flexibility index (Phi) is 11.2. The van der Waals surface area contributed by atoms with Gasteiger partial charge in [0.15, 0.2) is 0 Å². The number of esters is 1. The molecule has 116 valence electrons. The predicted octanol–water partition coefficient (Wildman–Crippen LogP) is 0.972. The quantitative estimate of drug-likeness (QED) is 0.461. The molecule has 0 aromatic heterocycles. The Morgan fingerprint density at radius 3 is 2.05 bits per heavy atom. The zero-order valence-corrected chi connectivity index (χ0v) is 12.2. The summed E-state index contributed by atoms with van der Waals surface area (Å²) < 4.78 is 9.66. The monoisotopic (exact) mass is 288 g/mol. The van der Waals surface area contributed by atoms with Gasteiger partial charge in [-0.3, -0.25) is 9.59 Å². The molecule has 0 aliphatic heterocycles. The van der Waals surface area contributed by atoms with Gasteiger partial charge in [0.25, 0.3) is 0 Å². The summed E-state index contributed by atoms with van der Waals surface area (Å²) >= 11 is 0. The minimum atomic E-state index is -0.640. The SMILES string of the molecule is CCCCOC(=O)CNC(=O)CNC(=O)OCCCC. The number of carbonyl (C=O) groups excluding carboxylic acids is 3. The molecule has 0 heterocycles. The molecular formula is C13H24N2O5. The third-order valence-corrected chi connectivity index (χ3v) is 2.32. The van der Waals surface area contributed by atoms with Crippen LogP contribution >= 0.6 is 0 Å². The highest BCUT2D eigenvalue weighted by Crippen LogP contribution is 1.89. The molecule has 0 bridgehead atoms. The van der Waals surface area contributed by atoms with Gasteiger partial charge in [0.05, 0.1) is 13.2 Å². The molecule has 7 nitrogen and oxygen atoms in total. The summed E-state index contributed by atoms with van der Waals surface area (Å²) in [5, 5.41) is 4.64. The van der Waals surface area contributed by atoms with Crippen molar-refractivity contribution < 1.29 is 23.9 Å². The van der Waals surface area contributed by atoms with Crippen LogP contribution in [0, 0.1) is 0 Å². The van der Waals surface area contributed by atoms with Gasteiger partial charge >= 0.3 is 12.1 Å². The summed E-state index contributed by atoms with van der Waals surface area (Å²) in [6.07, 6.45) is 2.80. The van der Waals surface area contributed by atoms with Gasteiger partial charge in [-0.1, -0.05) is 26.7 Å². The van der Waals surface area contributed by atoms with Crippen LogP contribution < -0.4 is 10.6 Å². The van der Waals surface area contributed by atoms with Gasteiger partial charge in [-0.25, -0.2) is 4.79 Å². The second kappa shape index (κ2) is 12.3. The minimum Gasteiger partial charge on any atom is -0.464 e. The van der Waals surface area contributed by atoms with Crippen molar-refractivity contribution in [3.63, 3.8) is 0 Å². The largest absolute Gasteiger partial charge is 0.464 e. The third kappa shape index (κ3) is 11.3. The van der Waals surface area contributed by atoms with E-state index in [1.807, 2.05) is 13.8 Å². The summed E-state index contributed by atoms with van der Waals surface area (Å²) in [6.45, 7) is 4.22. The zero-order valence-electron chi connectivity index (χ0n) is 12.2. The number of nitrogens with one attached hydrogen (secondary N) is 2. The molecule has 0 unspecified atom stereocenters. The first-order chi connectivity index (χ1) is 9.60. The Hall–Kier alpha value is -1.79. The molecule has 0 saturated heterocycles. The first-order valence-electron chi connectivity index (χ1n) is 6.93. The zero-order chi connectivity index (χ0) is 15.2. The Labute approximate surface area is 119 Å². The van der Waals surface area contributed by atoms with Crippen molar-refractivity contribution in [3.05, 3.63) is 0 Å². The fraction of sp³-hybridized carbons (Fsp3) is 0.769. The molecular weight excluding hydrogens is 264 g/mol. The van der Waals surface area contributed by atoms with Crippen LogP contribution in [0.3, 0.4) is 0 Å². The molecule has 0 aliphatic carbocycles. The van der Waals surface area contributed by atoms with Crippen molar-refractivity contribution in [2.75, 3.05) is 26.3 Å². The van der Waals surface area contributed by atoms with Crippen LogP contribution in [-0.2, 0) is 19.1 Å². The highest BCUT2D eigenvalue weighted by Gasteiger charge is 2.08. The van der Waals surface area contributed by atoms with Crippen molar-refractivity contribution in [3.8, 4) is 0 Å². The summed E-state index contributed by atoms with van der Waals surface area (Å²) in [5.74, 6) is -0.956. The molecule has 20 heavy (non-hydrogen) atoms. The molecule has 0 atom stereocenters. The van der Waals surface area contributed by atoms with E-state index >= 15 is 0 Å². The van der Waals surface area contributed by atoms with E-state index in [0.717, 1.165) is 25.7 Å². The summed E-state index contributed by atoms with van der Waals surface area (Å²) in [6, 6.07) is 0. The summed E-state index contributed by atoms with van der Waals surface area (Å²) in [7, 11) is 0. The maximum Gasteiger partial charge on any atom is 0.407 e. The average molecular weight is 288 g/mol. The van der Waals surface area contributed by atoms with E-state index in [1.165, 1.54) is 0 Å². The molecule has 2 amide bonds. The van der Waals surface area contributed by atoms with Crippen molar-refractivity contribution in [1.29, 1.82) is 0 Å². The standard InChI is InChI=1S/C13H24N2O5/c1-3-5-7-19-12(17)10-14-11(16)9-15-13(18)20-8-6-4-2/h3-10H2,1-2H3,(H,14,16)(H,15,18). The third-order valence-electron chi connectivity index (χ3n) is 2.32. The lowest BCUT2D eigenvalue weighted by atomic mass is 10.4. The van der Waals surface area contributed by atoms with E-state index < -0.39 is 18.0 Å². The molecule has 2 N–H and O–H groups in total. The van der Waals surface area contributed by atoms with Crippen LogP contribution in [0.4, 0.5) is 4.79 Å². The van der Waals surface area contributed by atoms with Gasteiger partial charge in [-0.15, -0.1) is 0 Å². The molecule has 0 aromatic rings. The molecule has 0 saturated carbocycles. The van der Waals surface area contributed by atoms with Crippen molar-refractivity contribution in [1.82, 2.24) is 10.6 Å². The molecule has 7 heteroatoms. The average Bonchev–Trinajstić information content (AvgIpc) is 2.43. The van der Waals surface area contributed by atoms with Crippen LogP contribution in [-0.4, -0.2) is 44.3 Å². The van der Waals surface area contributed by atoms with Crippen LogP contribution in [0.2, 0.25) is 0 Å². The van der Waals surface area contributed by atoms with Gasteiger partial charge in [-0.2, -0.15) is 0 Å². The Balaban J connectivity index is 3.57. The lowest BCUT2D eigenvalue weighted by Gasteiger charge is -2.07. The van der Waals surface area contributed by atoms with E-state index in [2.05, 4.69) is 10.6 Å². The minimum absolute atomic E-state index is 0.199. The number of ether oxygens (including phenoxy) is 2.